The summed E-state index contributed by atoms with van der Waals surface area (Å²) in [6.45, 7) is 1.90. The summed E-state index contributed by atoms with van der Waals surface area (Å²) in [6, 6.07) is 12.0. The minimum Gasteiger partial charge on any atom is -0.399 e. The molecule has 2 aromatic carbocycles. The Labute approximate surface area is 104 Å². The van der Waals surface area contributed by atoms with E-state index in [-0.39, 0.29) is 5.82 Å². The second-order valence-corrected chi connectivity index (χ2v) is 4.22. The fourth-order valence-electron chi connectivity index (χ4n) is 2.12. The lowest BCUT2D eigenvalue weighted by atomic mass is 10.2. The number of rotatable bonds is 1. The van der Waals surface area contributed by atoms with E-state index in [4.69, 9.17) is 5.73 Å². The molecule has 0 saturated carbocycles. The van der Waals surface area contributed by atoms with Gasteiger partial charge in [-0.25, -0.2) is 9.37 Å². The first kappa shape index (κ1) is 10.8. The van der Waals surface area contributed by atoms with E-state index in [1.165, 1.54) is 12.1 Å². The molecule has 3 rings (SSSR count). The molecule has 2 N–H and O–H groups in total. The maximum Gasteiger partial charge on any atom is 0.125 e. The fourth-order valence-corrected chi connectivity index (χ4v) is 2.12. The first-order chi connectivity index (χ1) is 8.65. The average molecular weight is 241 g/mol. The summed E-state index contributed by atoms with van der Waals surface area (Å²) in [7, 11) is 0. The third kappa shape index (κ3) is 1.62. The van der Waals surface area contributed by atoms with Crippen LogP contribution in [0.4, 0.5) is 10.1 Å². The largest absolute Gasteiger partial charge is 0.399 e. The van der Waals surface area contributed by atoms with Gasteiger partial charge >= 0.3 is 0 Å². The summed E-state index contributed by atoms with van der Waals surface area (Å²) >= 11 is 0. The third-order valence-electron chi connectivity index (χ3n) is 2.94. The smallest absolute Gasteiger partial charge is 0.125 e. The molecule has 0 spiro atoms. The zero-order valence-electron chi connectivity index (χ0n) is 9.89. The van der Waals surface area contributed by atoms with Crippen molar-refractivity contribution in [3.05, 3.63) is 54.1 Å². The molecular weight excluding hydrogens is 229 g/mol. The van der Waals surface area contributed by atoms with Crippen LogP contribution in [0.5, 0.6) is 0 Å². The number of fused-ring (bicyclic) bond motifs is 1. The van der Waals surface area contributed by atoms with Gasteiger partial charge in [-0.2, -0.15) is 0 Å². The second kappa shape index (κ2) is 3.84. The maximum atomic E-state index is 13.3. The van der Waals surface area contributed by atoms with Gasteiger partial charge in [-0.1, -0.05) is 0 Å². The third-order valence-corrected chi connectivity index (χ3v) is 2.94. The summed E-state index contributed by atoms with van der Waals surface area (Å²) in [5.41, 5.74) is 8.84. The zero-order chi connectivity index (χ0) is 12.7. The average Bonchev–Trinajstić information content (AvgIpc) is 2.66. The number of aromatic nitrogens is 2. The zero-order valence-corrected chi connectivity index (χ0v) is 9.89. The minimum absolute atomic E-state index is 0.265. The van der Waals surface area contributed by atoms with Gasteiger partial charge in [0.2, 0.25) is 0 Å². The Bertz CT molecular complexity index is 714. The molecule has 3 nitrogen and oxygen atoms in total. The highest BCUT2D eigenvalue weighted by molar-refractivity contribution is 5.78. The van der Waals surface area contributed by atoms with E-state index in [1.807, 2.05) is 35.8 Å². The van der Waals surface area contributed by atoms with Crippen molar-refractivity contribution in [2.75, 3.05) is 5.73 Å². The van der Waals surface area contributed by atoms with E-state index in [2.05, 4.69) is 4.98 Å². The minimum atomic E-state index is -0.265. The first-order valence-corrected chi connectivity index (χ1v) is 5.66. The van der Waals surface area contributed by atoms with Crippen LogP contribution in [0.1, 0.15) is 5.82 Å². The van der Waals surface area contributed by atoms with Crippen LogP contribution in [0, 0.1) is 12.7 Å². The molecule has 0 unspecified atom stereocenters. The van der Waals surface area contributed by atoms with E-state index < -0.39 is 0 Å². The van der Waals surface area contributed by atoms with Gasteiger partial charge in [0, 0.05) is 17.4 Å². The number of benzene rings is 2. The molecule has 3 aromatic rings. The summed E-state index contributed by atoms with van der Waals surface area (Å²) in [6.07, 6.45) is 0. The Morgan fingerprint density at radius 1 is 1.11 bits per heavy atom. The van der Waals surface area contributed by atoms with Crippen LogP contribution in [0.3, 0.4) is 0 Å². The summed E-state index contributed by atoms with van der Waals surface area (Å²) in [5, 5.41) is 0. The fraction of sp³-hybridized carbons (Fsp3) is 0.0714. The van der Waals surface area contributed by atoms with Gasteiger partial charge in [0.15, 0.2) is 0 Å². The monoisotopic (exact) mass is 241 g/mol. The van der Waals surface area contributed by atoms with Crippen molar-refractivity contribution < 1.29 is 4.39 Å². The number of imidazole rings is 1. The van der Waals surface area contributed by atoms with Crippen molar-refractivity contribution >= 4 is 16.7 Å². The van der Waals surface area contributed by atoms with Crippen molar-refractivity contribution in [1.29, 1.82) is 0 Å². The van der Waals surface area contributed by atoms with E-state index in [9.17, 15) is 4.39 Å². The molecule has 0 aliphatic heterocycles. The lowest BCUT2D eigenvalue weighted by Crippen LogP contribution is -1.97. The van der Waals surface area contributed by atoms with Gasteiger partial charge in [-0.05, 0) is 43.3 Å². The van der Waals surface area contributed by atoms with Crippen LogP contribution in [0.15, 0.2) is 42.5 Å². The van der Waals surface area contributed by atoms with Crippen LogP contribution in [-0.2, 0) is 0 Å². The predicted octanol–water partition coefficient (Wildman–Crippen LogP) is 3.06. The summed E-state index contributed by atoms with van der Waals surface area (Å²) in [4.78, 5) is 4.42. The molecular formula is C14H12FN3. The van der Waals surface area contributed by atoms with Gasteiger partial charge < -0.3 is 5.73 Å². The molecule has 1 aromatic heterocycles. The van der Waals surface area contributed by atoms with Crippen LogP contribution in [0.25, 0.3) is 16.7 Å². The van der Waals surface area contributed by atoms with E-state index in [0.29, 0.717) is 5.69 Å². The molecule has 0 amide bonds. The van der Waals surface area contributed by atoms with E-state index in [1.54, 1.807) is 6.07 Å². The molecule has 18 heavy (non-hydrogen) atoms. The van der Waals surface area contributed by atoms with Crippen molar-refractivity contribution in [3.63, 3.8) is 0 Å². The number of halogens is 1. The molecule has 1 heterocycles. The molecule has 0 radical (unpaired) electrons. The number of nitrogen functional groups attached to an aromatic ring is 1. The van der Waals surface area contributed by atoms with E-state index >= 15 is 0 Å². The molecule has 0 atom stereocenters. The Balaban J connectivity index is 2.30. The number of anilines is 1. The second-order valence-electron chi connectivity index (χ2n) is 4.22. The normalized spacial score (nSPS) is 11.0. The van der Waals surface area contributed by atoms with Gasteiger partial charge in [0.1, 0.15) is 11.6 Å². The van der Waals surface area contributed by atoms with Crippen molar-refractivity contribution in [2.45, 2.75) is 6.92 Å². The molecule has 0 aliphatic carbocycles. The standard InChI is InChI=1S/C14H12FN3/c1-9-17-13-7-2-10(15)8-14(13)18(9)12-5-3-11(16)4-6-12/h2-8H,16H2,1H3. The van der Waals surface area contributed by atoms with Crippen molar-refractivity contribution in [1.82, 2.24) is 9.55 Å². The number of aryl methyl sites for hydroxylation is 1. The highest BCUT2D eigenvalue weighted by atomic mass is 19.1. The molecule has 0 bridgehead atoms. The lowest BCUT2D eigenvalue weighted by molar-refractivity contribution is 0.629. The lowest BCUT2D eigenvalue weighted by Gasteiger charge is -2.07. The van der Waals surface area contributed by atoms with Crippen molar-refractivity contribution in [3.8, 4) is 5.69 Å². The quantitative estimate of drug-likeness (QED) is 0.665. The van der Waals surface area contributed by atoms with Crippen LogP contribution < -0.4 is 5.73 Å². The first-order valence-electron chi connectivity index (χ1n) is 5.66. The van der Waals surface area contributed by atoms with Crippen LogP contribution in [-0.4, -0.2) is 9.55 Å². The molecule has 4 heteroatoms. The summed E-state index contributed by atoms with van der Waals surface area (Å²) in [5.74, 6) is 0.555. The van der Waals surface area contributed by atoms with Gasteiger partial charge in [-0.15, -0.1) is 0 Å². The van der Waals surface area contributed by atoms with E-state index in [0.717, 1.165) is 22.5 Å². The number of nitrogens with two attached hydrogens (primary N) is 1. The maximum absolute atomic E-state index is 13.3. The molecule has 0 saturated heterocycles. The number of hydrogen-bond donors (Lipinski definition) is 1. The number of hydrogen-bond acceptors (Lipinski definition) is 2. The van der Waals surface area contributed by atoms with Crippen LogP contribution in [0.2, 0.25) is 0 Å². The Hall–Kier alpha value is -2.36. The van der Waals surface area contributed by atoms with Gasteiger partial charge in [0.25, 0.3) is 0 Å². The SMILES string of the molecule is Cc1nc2ccc(F)cc2n1-c1ccc(N)cc1. The summed E-state index contributed by atoms with van der Waals surface area (Å²) < 4.78 is 15.3. The highest BCUT2D eigenvalue weighted by Gasteiger charge is 2.09. The van der Waals surface area contributed by atoms with Crippen LogP contribution >= 0.6 is 0 Å². The highest BCUT2D eigenvalue weighted by Crippen LogP contribution is 2.22. The number of nitrogens with zero attached hydrogens (tertiary/aromatic N) is 2. The Morgan fingerprint density at radius 3 is 2.56 bits per heavy atom. The van der Waals surface area contributed by atoms with Gasteiger partial charge in [0.05, 0.1) is 11.0 Å². The predicted molar refractivity (Wildman–Crippen MR) is 70.2 cm³/mol. The molecule has 0 fully saturated rings. The molecule has 0 aliphatic rings. The Kier molecular flexibility index (Phi) is 2.30. The van der Waals surface area contributed by atoms with Gasteiger partial charge in [-0.3, -0.25) is 4.57 Å². The van der Waals surface area contributed by atoms with Crippen molar-refractivity contribution in [2.24, 2.45) is 0 Å². The Morgan fingerprint density at radius 2 is 1.83 bits per heavy atom. The molecule has 90 valence electrons. The topological polar surface area (TPSA) is 43.8 Å².